The van der Waals surface area contributed by atoms with E-state index in [1.165, 1.54) is 56.1 Å². The first-order chi connectivity index (χ1) is 10.3. The van der Waals surface area contributed by atoms with Crippen LogP contribution in [0, 0.1) is 11.8 Å². The molecule has 0 fully saturated rings. The topological polar surface area (TPSA) is 0 Å². The van der Waals surface area contributed by atoms with Crippen molar-refractivity contribution in [3.63, 3.8) is 0 Å². The minimum absolute atomic E-state index is 0.935. The molecular weight excluding hydrogens is 252 g/mol. The molecule has 1 aromatic rings. The van der Waals surface area contributed by atoms with Crippen molar-refractivity contribution < 1.29 is 0 Å². The van der Waals surface area contributed by atoms with Gasteiger partial charge in [0.05, 0.1) is 0 Å². The lowest BCUT2D eigenvalue weighted by molar-refractivity contribution is 0.361. The van der Waals surface area contributed by atoms with Gasteiger partial charge >= 0.3 is 0 Å². The van der Waals surface area contributed by atoms with E-state index in [1.807, 2.05) is 0 Å². The van der Waals surface area contributed by atoms with Crippen molar-refractivity contribution in [3.05, 3.63) is 41.5 Å². The van der Waals surface area contributed by atoms with Crippen LogP contribution in [0.3, 0.4) is 0 Å². The summed E-state index contributed by atoms with van der Waals surface area (Å²) < 4.78 is 0. The Morgan fingerprint density at radius 2 is 1.76 bits per heavy atom. The third-order valence-corrected chi connectivity index (χ3v) is 5.39. The monoisotopic (exact) mass is 284 g/mol. The Bertz CT molecular complexity index is 434. The predicted molar refractivity (Wildman–Crippen MR) is 94.4 cm³/mol. The number of hydrogen-bond donors (Lipinski definition) is 0. The summed E-state index contributed by atoms with van der Waals surface area (Å²) in [5.41, 5.74) is 4.47. The zero-order valence-corrected chi connectivity index (χ0v) is 14.2. The minimum atomic E-state index is 0.935. The van der Waals surface area contributed by atoms with Crippen molar-refractivity contribution >= 4 is 5.57 Å². The van der Waals surface area contributed by atoms with E-state index in [0.717, 1.165) is 18.3 Å². The lowest BCUT2D eigenvalue weighted by atomic mass is 9.82. The molecule has 0 aromatic heterocycles. The molecule has 2 rings (SSSR count). The molecule has 0 bridgehead atoms. The fraction of sp³-hybridized carbons (Fsp3) is 0.619. The summed E-state index contributed by atoms with van der Waals surface area (Å²) in [6.45, 7) is 6.90. The Kier molecular flexibility index (Phi) is 6.54. The van der Waals surface area contributed by atoms with Crippen molar-refractivity contribution in [2.45, 2.75) is 72.1 Å². The highest BCUT2D eigenvalue weighted by Crippen LogP contribution is 2.33. The zero-order chi connectivity index (χ0) is 15.1. The normalized spacial score (nSPS) is 18.9. The molecule has 0 amide bonds. The van der Waals surface area contributed by atoms with E-state index in [-0.39, 0.29) is 0 Å². The average molecular weight is 284 g/mol. The summed E-state index contributed by atoms with van der Waals surface area (Å²) in [5.74, 6) is 1.89. The van der Waals surface area contributed by atoms with Gasteiger partial charge in [0.15, 0.2) is 0 Å². The van der Waals surface area contributed by atoms with Crippen molar-refractivity contribution in [3.8, 4) is 0 Å². The van der Waals surface area contributed by atoms with Gasteiger partial charge in [-0.3, -0.25) is 0 Å². The summed E-state index contributed by atoms with van der Waals surface area (Å²) in [7, 11) is 0. The van der Waals surface area contributed by atoms with Crippen LogP contribution in [0.15, 0.2) is 30.3 Å². The molecule has 0 nitrogen and oxygen atoms in total. The van der Waals surface area contributed by atoms with Gasteiger partial charge in [-0.15, -0.1) is 0 Å². The van der Waals surface area contributed by atoms with Crippen LogP contribution >= 0.6 is 0 Å². The molecule has 1 unspecified atom stereocenters. The Morgan fingerprint density at radius 3 is 2.29 bits per heavy atom. The molecule has 1 aliphatic rings. The van der Waals surface area contributed by atoms with Gasteiger partial charge in [0.1, 0.15) is 0 Å². The molecule has 0 saturated heterocycles. The number of hydrogen-bond acceptors (Lipinski definition) is 0. The van der Waals surface area contributed by atoms with Crippen LogP contribution in [0.25, 0.3) is 5.57 Å². The van der Waals surface area contributed by atoms with Gasteiger partial charge in [-0.1, -0.05) is 70.4 Å². The van der Waals surface area contributed by atoms with E-state index in [1.54, 1.807) is 5.57 Å². The second-order valence-corrected chi connectivity index (χ2v) is 6.68. The quantitative estimate of drug-likeness (QED) is 0.526. The average Bonchev–Trinajstić information content (AvgIpc) is 2.56. The Morgan fingerprint density at radius 1 is 1.05 bits per heavy atom. The first-order valence-corrected chi connectivity index (χ1v) is 9.05. The van der Waals surface area contributed by atoms with Gasteiger partial charge < -0.3 is 0 Å². The molecular formula is C21H32. The van der Waals surface area contributed by atoms with Crippen molar-refractivity contribution in [1.82, 2.24) is 0 Å². The third-order valence-electron chi connectivity index (χ3n) is 5.39. The molecule has 1 atom stereocenters. The maximum atomic E-state index is 2.52. The molecule has 0 N–H and O–H groups in total. The Hall–Kier alpha value is -1.04. The standard InChI is InChI=1S/C21H32/c1-4-17(5-2)7-8-19-11-15-21(16-12-19)20-13-9-18(6-3)10-14-20/h9-10,13-15,17,19H,4-8,11-12,16H2,1-3H3. The minimum Gasteiger partial charge on any atom is -0.0804 e. The molecule has 21 heavy (non-hydrogen) atoms. The molecule has 1 aliphatic carbocycles. The van der Waals surface area contributed by atoms with Crippen LogP contribution in [0.1, 0.15) is 76.8 Å². The first kappa shape index (κ1) is 16.3. The molecule has 0 radical (unpaired) electrons. The van der Waals surface area contributed by atoms with E-state index in [9.17, 15) is 0 Å². The molecule has 0 spiro atoms. The molecule has 0 heteroatoms. The number of benzene rings is 1. The molecule has 0 aliphatic heterocycles. The second kappa shape index (κ2) is 8.41. The lowest BCUT2D eigenvalue weighted by Gasteiger charge is -2.24. The van der Waals surface area contributed by atoms with Gasteiger partial charge in [-0.05, 0) is 60.6 Å². The fourth-order valence-electron chi connectivity index (χ4n) is 3.54. The van der Waals surface area contributed by atoms with E-state index >= 15 is 0 Å². The van der Waals surface area contributed by atoms with Gasteiger partial charge in [0.2, 0.25) is 0 Å². The highest BCUT2D eigenvalue weighted by Gasteiger charge is 2.16. The third kappa shape index (κ3) is 4.73. The Labute approximate surface area is 131 Å². The van der Waals surface area contributed by atoms with Crippen molar-refractivity contribution in [2.24, 2.45) is 11.8 Å². The summed E-state index contributed by atoms with van der Waals surface area (Å²) in [5, 5.41) is 0. The van der Waals surface area contributed by atoms with Gasteiger partial charge in [-0.2, -0.15) is 0 Å². The van der Waals surface area contributed by atoms with Crippen LogP contribution in [-0.2, 0) is 6.42 Å². The molecule has 1 aromatic carbocycles. The number of rotatable bonds is 7. The van der Waals surface area contributed by atoms with E-state index in [2.05, 4.69) is 51.1 Å². The summed E-state index contributed by atoms with van der Waals surface area (Å²) in [4.78, 5) is 0. The summed E-state index contributed by atoms with van der Waals surface area (Å²) in [6.07, 6.45) is 13.2. The van der Waals surface area contributed by atoms with Gasteiger partial charge in [0, 0.05) is 0 Å². The van der Waals surface area contributed by atoms with E-state index < -0.39 is 0 Å². The summed E-state index contributed by atoms with van der Waals surface area (Å²) in [6, 6.07) is 9.20. The number of aryl methyl sites for hydroxylation is 1. The SMILES string of the molecule is CCc1ccc(C2=CCC(CCC(CC)CC)CC2)cc1. The van der Waals surface area contributed by atoms with Gasteiger partial charge in [0.25, 0.3) is 0 Å². The van der Waals surface area contributed by atoms with Crippen LogP contribution in [-0.4, -0.2) is 0 Å². The van der Waals surface area contributed by atoms with Crippen LogP contribution in [0.4, 0.5) is 0 Å². The fourth-order valence-corrected chi connectivity index (χ4v) is 3.54. The van der Waals surface area contributed by atoms with E-state index in [0.29, 0.717) is 0 Å². The number of allylic oxidation sites excluding steroid dienone is 2. The molecule has 116 valence electrons. The zero-order valence-electron chi connectivity index (χ0n) is 14.2. The highest BCUT2D eigenvalue weighted by molar-refractivity contribution is 5.66. The molecule has 0 saturated carbocycles. The van der Waals surface area contributed by atoms with E-state index in [4.69, 9.17) is 0 Å². The smallest absolute Gasteiger partial charge is 0.0228 e. The van der Waals surface area contributed by atoms with Crippen molar-refractivity contribution in [2.75, 3.05) is 0 Å². The second-order valence-electron chi connectivity index (χ2n) is 6.68. The maximum absolute atomic E-state index is 2.52. The van der Waals surface area contributed by atoms with Crippen molar-refractivity contribution in [1.29, 1.82) is 0 Å². The van der Waals surface area contributed by atoms with Crippen LogP contribution < -0.4 is 0 Å². The lowest BCUT2D eigenvalue weighted by Crippen LogP contribution is -2.08. The molecule has 0 heterocycles. The van der Waals surface area contributed by atoms with Crippen LogP contribution in [0.2, 0.25) is 0 Å². The predicted octanol–water partition coefficient (Wildman–Crippen LogP) is 6.65. The first-order valence-electron chi connectivity index (χ1n) is 9.05. The maximum Gasteiger partial charge on any atom is -0.0228 e. The highest BCUT2D eigenvalue weighted by atomic mass is 14.2. The van der Waals surface area contributed by atoms with Crippen LogP contribution in [0.5, 0.6) is 0 Å². The van der Waals surface area contributed by atoms with Gasteiger partial charge in [-0.25, -0.2) is 0 Å². The summed E-state index contributed by atoms with van der Waals surface area (Å²) >= 11 is 0. The largest absolute Gasteiger partial charge is 0.0804 e. The Balaban J connectivity index is 1.86.